The maximum Gasteiger partial charge on any atom is 0.137 e. The van der Waals surface area contributed by atoms with Gasteiger partial charge in [-0.1, -0.05) is 72.8 Å². The molecule has 5 heteroatoms. The van der Waals surface area contributed by atoms with Crippen LogP contribution in [0.4, 0.5) is 0 Å². The first kappa shape index (κ1) is 29.1. The van der Waals surface area contributed by atoms with E-state index in [-0.39, 0.29) is 0 Å². The van der Waals surface area contributed by atoms with E-state index < -0.39 is 0 Å². The fourth-order valence-corrected chi connectivity index (χ4v) is 8.68. The molecule has 0 aliphatic carbocycles. The number of para-hydroxylation sites is 3. The zero-order valence-electron chi connectivity index (χ0n) is 28.7. The van der Waals surface area contributed by atoms with E-state index in [0.717, 1.165) is 99.2 Å². The lowest BCUT2D eigenvalue weighted by Gasteiger charge is -2.09. The Balaban J connectivity index is 1.13. The molecule has 54 heavy (non-hydrogen) atoms. The summed E-state index contributed by atoms with van der Waals surface area (Å²) in [4.78, 5) is 0. The summed E-state index contributed by atoms with van der Waals surface area (Å²) in [6.45, 7) is 0. The summed E-state index contributed by atoms with van der Waals surface area (Å²) in [7, 11) is 0. The third kappa shape index (κ3) is 4.02. The van der Waals surface area contributed by atoms with Crippen LogP contribution in [0.2, 0.25) is 0 Å². The third-order valence-electron chi connectivity index (χ3n) is 11.1. The van der Waals surface area contributed by atoms with Crippen molar-refractivity contribution in [1.82, 2.24) is 9.13 Å². The maximum absolute atomic E-state index is 9.79. The average Bonchev–Trinajstić information content (AvgIpc) is 3.96. The molecule has 5 nitrogen and oxygen atoms in total. The summed E-state index contributed by atoms with van der Waals surface area (Å²) in [6.07, 6.45) is 0. The molecule has 0 spiro atoms. The van der Waals surface area contributed by atoms with Crippen LogP contribution in [0.15, 0.2) is 173 Å². The first-order valence-electron chi connectivity index (χ1n) is 18.1. The van der Waals surface area contributed by atoms with Gasteiger partial charge in [0.2, 0.25) is 0 Å². The highest BCUT2D eigenvalue weighted by molar-refractivity contribution is 6.20. The Hall–Kier alpha value is -7.55. The van der Waals surface area contributed by atoms with Gasteiger partial charge in [0.15, 0.2) is 0 Å². The monoisotopic (exact) mass is 689 g/mol. The normalized spacial score (nSPS) is 12.1. The summed E-state index contributed by atoms with van der Waals surface area (Å²) < 4.78 is 17.3. The Kier molecular flexibility index (Phi) is 5.78. The highest BCUT2D eigenvalue weighted by atomic mass is 16.3. The van der Waals surface area contributed by atoms with Gasteiger partial charge >= 0.3 is 0 Å². The Morgan fingerprint density at radius 3 is 1.43 bits per heavy atom. The molecule has 250 valence electrons. The van der Waals surface area contributed by atoms with Gasteiger partial charge in [0.25, 0.3) is 0 Å². The molecule has 0 atom stereocenters. The van der Waals surface area contributed by atoms with E-state index in [1.807, 2.05) is 42.5 Å². The van der Waals surface area contributed by atoms with Crippen LogP contribution < -0.4 is 0 Å². The number of furan rings is 2. The molecule has 4 aromatic heterocycles. The summed E-state index contributed by atoms with van der Waals surface area (Å²) >= 11 is 0. The number of hydrogen-bond donors (Lipinski definition) is 0. The lowest BCUT2D eigenvalue weighted by atomic mass is 10.00. The van der Waals surface area contributed by atoms with Gasteiger partial charge in [-0.05, 0) is 90.0 Å². The minimum Gasteiger partial charge on any atom is -0.456 e. The average molecular weight is 690 g/mol. The number of nitriles is 1. The lowest BCUT2D eigenvalue weighted by Crippen LogP contribution is -1.94. The number of nitrogens with zero attached hydrogens (tertiary/aromatic N) is 3. The molecule has 0 N–H and O–H groups in total. The van der Waals surface area contributed by atoms with Crippen molar-refractivity contribution in [2.45, 2.75) is 0 Å². The van der Waals surface area contributed by atoms with Crippen LogP contribution >= 0.6 is 0 Å². The highest BCUT2D eigenvalue weighted by Gasteiger charge is 2.20. The van der Waals surface area contributed by atoms with Crippen molar-refractivity contribution in [3.63, 3.8) is 0 Å². The van der Waals surface area contributed by atoms with Gasteiger partial charge < -0.3 is 18.0 Å². The minimum absolute atomic E-state index is 0.618. The molecule has 0 aliphatic rings. The molecule has 12 aromatic rings. The molecule has 0 amide bonds. The van der Waals surface area contributed by atoms with Crippen molar-refractivity contribution < 1.29 is 8.83 Å². The molecular weight excluding hydrogens is 663 g/mol. The van der Waals surface area contributed by atoms with E-state index in [4.69, 9.17) is 8.83 Å². The fraction of sp³-hybridized carbons (Fsp3) is 0. The van der Waals surface area contributed by atoms with Gasteiger partial charge in [0.1, 0.15) is 22.3 Å². The summed E-state index contributed by atoms with van der Waals surface area (Å²) in [5.41, 5.74) is 12.7. The van der Waals surface area contributed by atoms with Gasteiger partial charge in [-0.2, -0.15) is 5.26 Å². The van der Waals surface area contributed by atoms with Crippen molar-refractivity contribution in [3.8, 4) is 28.6 Å². The first-order chi connectivity index (χ1) is 26.7. The number of hydrogen-bond acceptors (Lipinski definition) is 3. The summed E-state index contributed by atoms with van der Waals surface area (Å²) in [5, 5.41) is 18.8. The molecule has 0 saturated carbocycles. The third-order valence-corrected chi connectivity index (χ3v) is 11.1. The molecule has 0 radical (unpaired) electrons. The largest absolute Gasteiger partial charge is 0.456 e. The molecule has 8 aromatic carbocycles. The van der Waals surface area contributed by atoms with Crippen molar-refractivity contribution in [2.75, 3.05) is 0 Å². The van der Waals surface area contributed by atoms with Crippen molar-refractivity contribution in [1.29, 1.82) is 5.26 Å². The van der Waals surface area contributed by atoms with Crippen LogP contribution in [-0.4, -0.2) is 9.13 Å². The van der Waals surface area contributed by atoms with Gasteiger partial charge in [0.05, 0.1) is 33.7 Å². The smallest absolute Gasteiger partial charge is 0.137 e. The van der Waals surface area contributed by atoms with E-state index in [1.165, 1.54) is 10.8 Å². The van der Waals surface area contributed by atoms with Crippen LogP contribution in [0, 0.1) is 11.3 Å². The first-order valence-corrected chi connectivity index (χ1v) is 18.1. The second-order valence-corrected chi connectivity index (χ2v) is 14.1. The Morgan fingerprint density at radius 1 is 0.352 bits per heavy atom. The molecule has 0 fully saturated rings. The Bertz CT molecular complexity index is 3570. The minimum atomic E-state index is 0.618. The number of fused-ring (bicyclic) bond motifs is 12. The topological polar surface area (TPSA) is 59.9 Å². The van der Waals surface area contributed by atoms with E-state index in [0.29, 0.717) is 5.56 Å². The fourth-order valence-electron chi connectivity index (χ4n) is 8.68. The molecule has 0 bridgehead atoms. The van der Waals surface area contributed by atoms with Crippen LogP contribution in [-0.2, 0) is 0 Å². The van der Waals surface area contributed by atoms with E-state index in [1.54, 1.807) is 0 Å². The van der Waals surface area contributed by atoms with Gasteiger partial charge in [-0.3, -0.25) is 0 Å². The van der Waals surface area contributed by atoms with E-state index >= 15 is 0 Å². The van der Waals surface area contributed by atoms with Gasteiger partial charge in [-0.15, -0.1) is 0 Å². The second-order valence-electron chi connectivity index (χ2n) is 14.1. The molecule has 0 unspecified atom stereocenters. The number of aromatic nitrogens is 2. The van der Waals surface area contributed by atoms with Gasteiger partial charge in [0, 0.05) is 66.6 Å². The number of benzene rings is 8. The standard InChI is InChI=1S/C49H27N3O2/c50-28-29-9-8-12-33(21-29)52-43-20-18-31(23-37(43)39-25-41-35-14-5-7-16-47(35)54-49(41)27-45(39)52)30-17-19-42-36(22-30)38-24-40-34-13-4-6-15-46(34)53-48(40)26-44(38)51(42)32-10-2-1-3-11-32/h1-27H. The zero-order chi connectivity index (χ0) is 35.5. The predicted molar refractivity (Wildman–Crippen MR) is 220 cm³/mol. The van der Waals surface area contributed by atoms with Crippen molar-refractivity contribution in [2.24, 2.45) is 0 Å². The lowest BCUT2D eigenvalue weighted by molar-refractivity contribution is 0.669. The summed E-state index contributed by atoms with van der Waals surface area (Å²) in [6, 6.07) is 59.6. The van der Waals surface area contributed by atoms with E-state index in [9.17, 15) is 5.26 Å². The molecule has 4 heterocycles. The summed E-state index contributed by atoms with van der Waals surface area (Å²) in [5.74, 6) is 0. The van der Waals surface area contributed by atoms with Crippen LogP contribution in [0.25, 0.3) is 110 Å². The van der Waals surface area contributed by atoms with Crippen LogP contribution in [0.3, 0.4) is 0 Å². The van der Waals surface area contributed by atoms with Crippen LogP contribution in [0.5, 0.6) is 0 Å². The van der Waals surface area contributed by atoms with E-state index in [2.05, 4.69) is 137 Å². The van der Waals surface area contributed by atoms with Crippen molar-refractivity contribution >= 4 is 87.5 Å². The SMILES string of the molecule is N#Cc1cccc(-n2c3ccc(-c4ccc5c(c4)c4cc6c(cc4n5-c4ccccc4)oc4ccccc46)cc3c3cc4c(cc32)oc2ccccc24)c1. The Morgan fingerprint density at radius 2 is 0.852 bits per heavy atom. The molecule has 12 rings (SSSR count). The predicted octanol–water partition coefficient (Wildman–Crippen LogP) is 13.2. The molecular formula is C49H27N3O2. The molecule has 0 saturated heterocycles. The second kappa shape index (κ2) is 10.7. The Labute approximate surface area is 307 Å². The van der Waals surface area contributed by atoms with Crippen LogP contribution in [0.1, 0.15) is 5.56 Å². The quantitative estimate of drug-likeness (QED) is 0.185. The van der Waals surface area contributed by atoms with Crippen molar-refractivity contribution in [3.05, 3.63) is 169 Å². The number of rotatable bonds is 3. The zero-order valence-corrected chi connectivity index (χ0v) is 28.7. The highest BCUT2D eigenvalue weighted by Crippen LogP contribution is 2.42. The van der Waals surface area contributed by atoms with Gasteiger partial charge in [-0.25, -0.2) is 0 Å². The molecule has 0 aliphatic heterocycles. The maximum atomic E-state index is 9.79.